The van der Waals surface area contributed by atoms with Crippen LogP contribution in [0.1, 0.15) is 23.6 Å². The molecule has 0 spiro atoms. The highest BCUT2D eigenvalue weighted by atomic mass is 14.0. The van der Waals surface area contributed by atoms with Crippen LogP contribution >= 0.6 is 0 Å². The van der Waals surface area contributed by atoms with Crippen LogP contribution in [0.15, 0.2) is 60.7 Å². The normalized spacial score (nSPS) is 11.5. The fourth-order valence-electron chi connectivity index (χ4n) is 1.89. The van der Waals surface area contributed by atoms with Crippen LogP contribution in [0.5, 0.6) is 0 Å². The Hall–Kier alpha value is -1.82. The fourth-order valence-corrected chi connectivity index (χ4v) is 1.89. The van der Waals surface area contributed by atoms with E-state index >= 15 is 0 Å². The summed E-state index contributed by atoms with van der Waals surface area (Å²) in [7, 11) is 0. The molecular weight excluding hydrogens is 204 g/mol. The molecule has 0 N–H and O–H groups in total. The van der Waals surface area contributed by atoms with Gasteiger partial charge in [-0.1, -0.05) is 66.2 Å². The predicted molar refractivity (Wildman–Crippen MR) is 75.0 cm³/mol. The van der Waals surface area contributed by atoms with Gasteiger partial charge in [0.2, 0.25) is 0 Å². The summed E-state index contributed by atoms with van der Waals surface area (Å²) in [6.07, 6.45) is 3.30. The fraction of sp³-hybridized carbons (Fsp3) is 0.176. The van der Waals surface area contributed by atoms with Gasteiger partial charge in [-0.25, -0.2) is 0 Å². The molecule has 0 aliphatic heterocycles. The molecule has 0 saturated heterocycles. The predicted octanol–water partition coefficient (Wildman–Crippen LogP) is 4.64. The molecule has 0 aromatic heterocycles. The number of hydrogen-bond donors (Lipinski definition) is 0. The summed E-state index contributed by atoms with van der Waals surface area (Å²) in [5.74, 6) is 0. The highest BCUT2D eigenvalue weighted by Crippen LogP contribution is 2.16. The van der Waals surface area contributed by atoms with Crippen molar-refractivity contribution in [1.82, 2.24) is 0 Å². The first kappa shape index (κ1) is 11.7. The number of benzene rings is 2. The largest absolute Gasteiger partial charge is 0.0766 e. The smallest absolute Gasteiger partial charge is 0.00915 e. The van der Waals surface area contributed by atoms with Gasteiger partial charge in [-0.2, -0.15) is 0 Å². The quantitative estimate of drug-likeness (QED) is 0.709. The van der Waals surface area contributed by atoms with Gasteiger partial charge in [0.25, 0.3) is 0 Å². The molecule has 0 saturated carbocycles. The molecule has 2 aromatic rings. The molecule has 0 aliphatic rings. The van der Waals surface area contributed by atoms with Gasteiger partial charge in [0.05, 0.1) is 0 Å². The van der Waals surface area contributed by atoms with Crippen molar-refractivity contribution in [2.45, 2.75) is 20.3 Å². The molecule has 0 nitrogen and oxygen atoms in total. The maximum atomic E-state index is 2.30. The topological polar surface area (TPSA) is 0 Å². The van der Waals surface area contributed by atoms with Crippen molar-refractivity contribution in [2.75, 3.05) is 0 Å². The Labute approximate surface area is 104 Å². The average Bonchev–Trinajstić information content (AvgIpc) is 2.37. The number of hydrogen-bond acceptors (Lipinski definition) is 0. The van der Waals surface area contributed by atoms with Crippen LogP contribution in [0, 0.1) is 6.92 Å². The van der Waals surface area contributed by atoms with Crippen LogP contribution in [0.25, 0.3) is 5.57 Å². The summed E-state index contributed by atoms with van der Waals surface area (Å²) in [5.41, 5.74) is 5.34. The SMILES string of the molecule is C/C(=C\Cc1ccccc1)c1cccc(C)c1. The number of aryl methyl sites for hydroxylation is 1. The van der Waals surface area contributed by atoms with Gasteiger partial charge in [0, 0.05) is 0 Å². The molecule has 0 heterocycles. The van der Waals surface area contributed by atoms with Gasteiger partial charge >= 0.3 is 0 Å². The van der Waals surface area contributed by atoms with Gasteiger partial charge in [-0.15, -0.1) is 0 Å². The van der Waals surface area contributed by atoms with E-state index in [0.29, 0.717) is 0 Å². The van der Waals surface area contributed by atoms with E-state index in [2.05, 4.69) is 74.5 Å². The van der Waals surface area contributed by atoms with Gasteiger partial charge in [0.1, 0.15) is 0 Å². The van der Waals surface area contributed by atoms with E-state index in [9.17, 15) is 0 Å². The molecule has 2 rings (SSSR count). The summed E-state index contributed by atoms with van der Waals surface area (Å²) in [5, 5.41) is 0. The zero-order valence-corrected chi connectivity index (χ0v) is 10.5. The highest BCUT2D eigenvalue weighted by Gasteiger charge is 1.95. The number of allylic oxidation sites excluding steroid dienone is 2. The van der Waals surface area contributed by atoms with Crippen LogP contribution in [0.2, 0.25) is 0 Å². The van der Waals surface area contributed by atoms with Crippen molar-refractivity contribution in [2.24, 2.45) is 0 Å². The van der Waals surface area contributed by atoms with Crippen molar-refractivity contribution in [3.8, 4) is 0 Å². The van der Waals surface area contributed by atoms with E-state index in [-0.39, 0.29) is 0 Å². The molecule has 2 aromatic carbocycles. The van der Waals surface area contributed by atoms with E-state index in [1.54, 1.807) is 0 Å². The zero-order chi connectivity index (χ0) is 12.1. The van der Waals surface area contributed by atoms with Gasteiger partial charge in [-0.05, 0) is 37.0 Å². The second-order valence-electron chi connectivity index (χ2n) is 4.45. The van der Waals surface area contributed by atoms with Gasteiger partial charge in [0.15, 0.2) is 0 Å². The first-order valence-corrected chi connectivity index (χ1v) is 6.03. The molecule has 0 aliphatic carbocycles. The summed E-state index contributed by atoms with van der Waals surface area (Å²) in [6, 6.07) is 19.2. The zero-order valence-electron chi connectivity index (χ0n) is 10.5. The van der Waals surface area contributed by atoms with Crippen molar-refractivity contribution in [3.63, 3.8) is 0 Å². The molecule has 0 atom stereocenters. The Balaban J connectivity index is 2.12. The van der Waals surface area contributed by atoms with E-state index in [1.807, 2.05) is 0 Å². The van der Waals surface area contributed by atoms with Gasteiger partial charge < -0.3 is 0 Å². The molecule has 86 valence electrons. The lowest BCUT2D eigenvalue weighted by Gasteiger charge is -2.03. The molecule has 17 heavy (non-hydrogen) atoms. The van der Waals surface area contributed by atoms with Gasteiger partial charge in [-0.3, -0.25) is 0 Å². The first-order valence-electron chi connectivity index (χ1n) is 6.03. The molecule has 0 heteroatoms. The van der Waals surface area contributed by atoms with Crippen LogP contribution in [-0.2, 0) is 6.42 Å². The lowest BCUT2D eigenvalue weighted by atomic mass is 10.0. The third-order valence-electron chi connectivity index (χ3n) is 2.96. The summed E-state index contributed by atoms with van der Waals surface area (Å²) in [6.45, 7) is 4.31. The molecule has 0 fully saturated rings. The summed E-state index contributed by atoms with van der Waals surface area (Å²) in [4.78, 5) is 0. The summed E-state index contributed by atoms with van der Waals surface area (Å²) < 4.78 is 0. The van der Waals surface area contributed by atoms with E-state index in [1.165, 1.54) is 22.3 Å². The van der Waals surface area contributed by atoms with Crippen molar-refractivity contribution in [3.05, 3.63) is 77.4 Å². The lowest BCUT2D eigenvalue weighted by molar-refractivity contribution is 1.26. The van der Waals surface area contributed by atoms with Crippen LogP contribution in [-0.4, -0.2) is 0 Å². The summed E-state index contributed by atoms with van der Waals surface area (Å²) >= 11 is 0. The second-order valence-corrected chi connectivity index (χ2v) is 4.45. The second kappa shape index (κ2) is 5.49. The maximum absolute atomic E-state index is 2.30. The Bertz CT molecular complexity index is 507. The molecular formula is C17H18. The van der Waals surface area contributed by atoms with E-state index in [4.69, 9.17) is 0 Å². The molecule has 0 amide bonds. The monoisotopic (exact) mass is 222 g/mol. The van der Waals surface area contributed by atoms with Crippen molar-refractivity contribution < 1.29 is 0 Å². The standard InChI is InChI=1S/C17H18/c1-14-7-6-10-17(13-14)15(2)11-12-16-8-4-3-5-9-16/h3-11,13H,12H2,1-2H3/b15-11+. The minimum Gasteiger partial charge on any atom is -0.0766 e. The molecule has 0 bridgehead atoms. The third-order valence-corrected chi connectivity index (χ3v) is 2.96. The third kappa shape index (κ3) is 3.32. The molecule has 0 unspecified atom stereocenters. The highest BCUT2D eigenvalue weighted by molar-refractivity contribution is 5.64. The van der Waals surface area contributed by atoms with Crippen molar-refractivity contribution >= 4 is 5.57 Å². The lowest BCUT2D eigenvalue weighted by Crippen LogP contribution is -1.84. The minimum absolute atomic E-state index is 1.00. The minimum atomic E-state index is 1.00. The Morgan fingerprint density at radius 2 is 1.76 bits per heavy atom. The maximum Gasteiger partial charge on any atom is -0.00915 e. The Kier molecular flexibility index (Phi) is 3.77. The Morgan fingerprint density at radius 1 is 1.00 bits per heavy atom. The number of rotatable bonds is 3. The van der Waals surface area contributed by atoms with Crippen LogP contribution < -0.4 is 0 Å². The van der Waals surface area contributed by atoms with Crippen LogP contribution in [0.4, 0.5) is 0 Å². The Morgan fingerprint density at radius 3 is 2.47 bits per heavy atom. The molecule has 0 radical (unpaired) electrons. The van der Waals surface area contributed by atoms with Crippen LogP contribution in [0.3, 0.4) is 0 Å². The average molecular weight is 222 g/mol. The van der Waals surface area contributed by atoms with E-state index in [0.717, 1.165) is 6.42 Å². The first-order chi connectivity index (χ1) is 8.25. The van der Waals surface area contributed by atoms with E-state index < -0.39 is 0 Å². The van der Waals surface area contributed by atoms with Crippen molar-refractivity contribution in [1.29, 1.82) is 0 Å².